The molecule has 0 bridgehead atoms. The van der Waals surface area contributed by atoms with Crippen LogP contribution in [0.5, 0.6) is 0 Å². The van der Waals surface area contributed by atoms with E-state index in [-0.39, 0.29) is 23.6 Å². The van der Waals surface area contributed by atoms with Gasteiger partial charge in [0.25, 0.3) is 0 Å². The summed E-state index contributed by atoms with van der Waals surface area (Å²) in [6.45, 7) is 2.09. The Bertz CT molecular complexity index is 725. The molecule has 0 radical (unpaired) electrons. The normalized spacial score (nSPS) is 16.7. The van der Waals surface area contributed by atoms with Gasteiger partial charge in [-0.3, -0.25) is 14.9 Å². The minimum Gasteiger partial charge on any atom is -0.469 e. The standard InChI is InChI=1S/C18H21N3O3/c1-2-3-4-7-17(23)21-18-19-11-13-14(20-18)9-12(10-15(13)22)16-6-5-8-24-16/h5-6,8,11-12H,2-4,7,9-10H2,1H3,(H,19,20,21,23)/t12-/m1/s1. The van der Waals surface area contributed by atoms with Gasteiger partial charge in [-0.15, -0.1) is 0 Å². The third kappa shape index (κ3) is 3.69. The summed E-state index contributed by atoms with van der Waals surface area (Å²) in [7, 11) is 0. The molecular weight excluding hydrogens is 306 g/mol. The van der Waals surface area contributed by atoms with Gasteiger partial charge in [-0.25, -0.2) is 9.97 Å². The zero-order valence-corrected chi connectivity index (χ0v) is 13.7. The fourth-order valence-corrected chi connectivity index (χ4v) is 2.95. The average molecular weight is 327 g/mol. The van der Waals surface area contributed by atoms with Gasteiger partial charge in [-0.05, 0) is 18.6 Å². The first-order chi connectivity index (χ1) is 11.7. The number of hydrogen-bond donors (Lipinski definition) is 1. The van der Waals surface area contributed by atoms with Gasteiger partial charge in [0.1, 0.15) is 5.76 Å². The summed E-state index contributed by atoms with van der Waals surface area (Å²) in [6, 6.07) is 3.69. The number of carbonyl (C=O) groups is 2. The lowest BCUT2D eigenvalue weighted by Crippen LogP contribution is -2.22. The molecule has 1 N–H and O–H groups in total. The molecule has 6 heteroatoms. The number of aromatic nitrogens is 2. The molecule has 3 rings (SSSR count). The minimum atomic E-state index is -0.0897. The Morgan fingerprint density at radius 3 is 3.00 bits per heavy atom. The maximum atomic E-state index is 12.3. The second-order valence-corrected chi connectivity index (χ2v) is 6.10. The average Bonchev–Trinajstić information content (AvgIpc) is 3.09. The lowest BCUT2D eigenvalue weighted by Gasteiger charge is -2.21. The van der Waals surface area contributed by atoms with Crippen molar-refractivity contribution in [2.75, 3.05) is 5.32 Å². The van der Waals surface area contributed by atoms with E-state index in [4.69, 9.17) is 4.42 Å². The van der Waals surface area contributed by atoms with E-state index < -0.39 is 0 Å². The first-order valence-corrected chi connectivity index (χ1v) is 8.39. The number of furan rings is 1. The van der Waals surface area contributed by atoms with Crippen LogP contribution < -0.4 is 5.32 Å². The van der Waals surface area contributed by atoms with Crippen LogP contribution in [0.1, 0.15) is 66.8 Å². The van der Waals surface area contributed by atoms with Gasteiger partial charge < -0.3 is 4.42 Å². The monoisotopic (exact) mass is 327 g/mol. The highest BCUT2D eigenvalue weighted by atomic mass is 16.3. The highest BCUT2D eigenvalue weighted by molar-refractivity contribution is 5.98. The quantitative estimate of drug-likeness (QED) is 0.821. The van der Waals surface area contributed by atoms with Crippen molar-refractivity contribution in [3.63, 3.8) is 0 Å². The predicted molar refractivity (Wildman–Crippen MR) is 88.9 cm³/mol. The van der Waals surface area contributed by atoms with E-state index in [1.807, 2.05) is 12.1 Å². The predicted octanol–water partition coefficient (Wildman–Crippen LogP) is 3.50. The van der Waals surface area contributed by atoms with E-state index in [9.17, 15) is 9.59 Å². The van der Waals surface area contributed by atoms with Crippen LogP contribution in [0.2, 0.25) is 0 Å². The Labute approximate surface area is 140 Å². The van der Waals surface area contributed by atoms with E-state index in [1.54, 1.807) is 6.26 Å². The molecule has 1 aliphatic carbocycles. The van der Waals surface area contributed by atoms with Crippen LogP contribution in [0, 0.1) is 0 Å². The van der Waals surface area contributed by atoms with E-state index in [0.29, 0.717) is 30.5 Å². The van der Waals surface area contributed by atoms with Crippen LogP contribution in [0.15, 0.2) is 29.0 Å². The first-order valence-electron chi connectivity index (χ1n) is 8.39. The second kappa shape index (κ2) is 7.38. The zero-order valence-electron chi connectivity index (χ0n) is 13.7. The number of amides is 1. The highest BCUT2D eigenvalue weighted by Gasteiger charge is 2.29. The molecule has 2 aromatic rings. The number of nitrogens with zero attached hydrogens (tertiary/aromatic N) is 2. The minimum absolute atomic E-state index is 0.0111. The molecular formula is C18H21N3O3. The van der Waals surface area contributed by atoms with E-state index in [1.165, 1.54) is 6.20 Å². The Balaban J connectivity index is 1.72. The number of ketones is 1. The fourth-order valence-electron chi connectivity index (χ4n) is 2.95. The highest BCUT2D eigenvalue weighted by Crippen LogP contribution is 2.32. The molecule has 1 atom stereocenters. The van der Waals surface area contributed by atoms with Crippen LogP contribution in [0.25, 0.3) is 0 Å². The van der Waals surface area contributed by atoms with Gasteiger partial charge in [0.05, 0.1) is 17.5 Å². The summed E-state index contributed by atoms with van der Waals surface area (Å²) in [5, 5.41) is 2.72. The Morgan fingerprint density at radius 2 is 2.25 bits per heavy atom. The molecule has 1 amide bonds. The largest absolute Gasteiger partial charge is 0.469 e. The topological polar surface area (TPSA) is 85.1 Å². The first kappa shape index (κ1) is 16.4. The van der Waals surface area contributed by atoms with E-state index in [0.717, 1.165) is 25.0 Å². The maximum absolute atomic E-state index is 12.3. The number of hydrogen-bond acceptors (Lipinski definition) is 5. The molecule has 0 unspecified atom stereocenters. The van der Waals surface area contributed by atoms with Crippen molar-refractivity contribution >= 4 is 17.6 Å². The number of rotatable bonds is 6. The number of unbranched alkanes of at least 4 members (excludes halogenated alkanes) is 2. The molecule has 0 aromatic carbocycles. The van der Waals surface area contributed by atoms with Crippen molar-refractivity contribution in [2.24, 2.45) is 0 Å². The molecule has 1 aliphatic rings. The summed E-state index contributed by atoms with van der Waals surface area (Å²) in [5.41, 5.74) is 1.22. The number of fused-ring (bicyclic) bond motifs is 1. The third-order valence-electron chi connectivity index (χ3n) is 4.24. The van der Waals surface area contributed by atoms with Crippen LogP contribution in [0.4, 0.5) is 5.95 Å². The van der Waals surface area contributed by atoms with Crippen LogP contribution in [0.3, 0.4) is 0 Å². The molecule has 0 fully saturated rings. The van der Waals surface area contributed by atoms with Crippen molar-refractivity contribution in [3.8, 4) is 0 Å². The molecule has 0 aliphatic heterocycles. The Morgan fingerprint density at radius 1 is 1.38 bits per heavy atom. The fraction of sp³-hybridized carbons (Fsp3) is 0.444. The SMILES string of the molecule is CCCCCC(=O)Nc1ncc2c(n1)C[C@@H](c1ccco1)CC2=O. The summed E-state index contributed by atoms with van der Waals surface area (Å²) in [6.07, 6.45) is 7.54. The number of Topliss-reactive ketones (excluding diaryl/α,β-unsaturated/α-hetero) is 1. The number of carbonyl (C=O) groups excluding carboxylic acids is 2. The van der Waals surface area contributed by atoms with Crippen LogP contribution >= 0.6 is 0 Å². The van der Waals surface area contributed by atoms with Gasteiger partial charge in [0.15, 0.2) is 5.78 Å². The van der Waals surface area contributed by atoms with Crippen molar-refractivity contribution in [2.45, 2.75) is 51.4 Å². The summed E-state index contributed by atoms with van der Waals surface area (Å²) >= 11 is 0. The van der Waals surface area contributed by atoms with Crippen molar-refractivity contribution in [1.29, 1.82) is 0 Å². The molecule has 2 heterocycles. The number of anilines is 1. The Hall–Kier alpha value is -2.50. The number of nitrogens with one attached hydrogen (secondary N) is 1. The smallest absolute Gasteiger partial charge is 0.229 e. The Kier molecular flexibility index (Phi) is 5.03. The van der Waals surface area contributed by atoms with Gasteiger partial charge in [-0.2, -0.15) is 0 Å². The van der Waals surface area contributed by atoms with Gasteiger partial charge in [0, 0.05) is 31.4 Å². The van der Waals surface area contributed by atoms with Gasteiger partial charge in [-0.1, -0.05) is 19.8 Å². The molecule has 2 aromatic heterocycles. The van der Waals surface area contributed by atoms with Crippen molar-refractivity contribution in [3.05, 3.63) is 41.6 Å². The molecule has 6 nitrogen and oxygen atoms in total. The summed E-state index contributed by atoms with van der Waals surface area (Å²) in [5.74, 6) is 0.968. The van der Waals surface area contributed by atoms with Crippen molar-refractivity contribution < 1.29 is 14.0 Å². The van der Waals surface area contributed by atoms with Crippen LogP contribution in [-0.4, -0.2) is 21.7 Å². The maximum Gasteiger partial charge on any atom is 0.229 e. The lowest BCUT2D eigenvalue weighted by atomic mass is 9.85. The zero-order chi connectivity index (χ0) is 16.9. The van der Waals surface area contributed by atoms with Gasteiger partial charge >= 0.3 is 0 Å². The van der Waals surface area contributed by atoms with Crippen LogP contribution in [-0.2, 0) is 11.2 Å². The summed E-state index contributed by atoms with van der Waals surface area (Å²) < 4.78 is 5.42. The lowest BCUT2D eigenvalue weighted by molar-refractivity contribution is -0.116. The summed E-state index contributed by atoms with van der Waals surface area (Å²) in [4.78, 5) is 32.7. The molecule has 126 valence electrons. The van der Waals surface area contributed by atoms with Crippen molar-refractivity contribution in [1.82, 2.24) is 9.97 Å². The second-order valence-electron chi connectivity index (χ2n) is 6.10. The molecule has 0 saturated heterocycles. The molecule has 0 saturated carbocycles. The van der Waals surface area contributed by atoms with Gasteiger partial charge in [0.2, 0.25) is 11.9 Å². The molecule has 0 spiro atoms. The van der Waals surface area contributed by atoms with E-state index in [2.05, 4.69) is 22.2 Å². The van der Waals surface area contributed by atoms with E-state index >= 15 is 0 Å². The molecule has 24 heavy (non-hydrogen) atoms. The third-order valence-corrected chi connectivity index (χ3v) is 4.24.